The summed E-state index contributed by atoms with van der Waals surface area (Å²) in [7, 11) is 0. The molecule has 1 atom stereocenters. The maximum atomic E-state index is 12.5. The van der Waals surface area contributed by atoms with Gasteiger partial charge >= 0.3 is 0 Å². The molecule has 2 aromatic rings. The Labute approximate surface area is 153 Å². The lowest BCUT2D eigenvalue weighted by Gasteiger charge is -2.34. The molecular formula is C20H22ClN3O. The monoisotopic (exact) mass is 355 g/mol. The van der Waals surface area contributed by atoms with Gasteiger partial charge in [-0.15, -0.1) is 0 Å². The Hall–Kier alpha value is -2.04. The number of amides is 1. The van der Waals surface area contributed by atoms with Crippen molar-refractivity contribution in [2.45, 2.75) is 25.3 Å². The van der Waals surface area contributed by atoms with Gasteiger partial charge in [0.15, 0.2) is 0 Å². The lowest BCUT2D eigenvalue weighted by molar-refractivity contribution is -0.118. The molecule has 0 aromatic heterocycles. The smallest absolute Gasteiger partial charge is 0.232 e. The number of nitrogens with two attached hydrogens (primary N) is 1. The summed E-state index contributed by atoms with van der Waals surface area (Å²) in [6.07, 6.45) is 2.06. The number of nitrogen functional groups attached to an aromatic ring is 1. The first-order valence-electron chi connectivity index (χ1n) is 8.77. The molecule has 0 saturated carbocycles. The second kappa shape index (κ2) is 6.70. The zero-order chi connectivity index (χ0) is 17.4. The largest absolute Gasteiger partial charge is 0.399 e. The maximum Gasteiger partial charge on any atom is 0.232 e. The molecule has 2 heterocycles. The van der Waals surface area contributed by atoms with Gasteiger partial charge < -0.3 is 11.1 Å². The first kappa shape index (κ1) is 16.4. The van der Waals surface area contributed by atoms with Crippen molar-refractivity contribution in [3.63, 3.8) is 0 Å². The third-order valence-corrected chi connectivity index (χ3v) is 5.59. The van der Waals surface area contributed by atoms with Crippen molar-refractivity contribution in [3.8, 4) is 0 Å². The Morgan fingerprint density at radius 2 is 1.96 bits per heavy atom. The van der Waals surface area contributed by atoms with Crippen LogP contribution in [0.1, 0.15) is 29.9 Å². The normalized spacial score (nSPS) is 21.2. The van der Waals surface area contributed by atoms with Gasteiger partial charge in [-0.3, -0.25) is 9.69 Å². The van der Waals surface area contributed by atoms with Crippen LogP contribution in [-0.4, -0.2) is 23.9 Å². The zero-order valence-electron chi connectivity index (χ0n) is 14.0. The van der Waals surface area contributed by atoms with Crippen molar-refractivity contribution in [2.24, 2.45) is 5.92 Å². The van der Waals surface area contributed by atoms with Crippen molar-refractivity contribution in [1.82, 2.24) is 4.90 Å². The van der Waals surface area contributed by atoms with Gasteiger partial charge in [-0.25, -0.2) is 0 Å². The van der Waals surface area contributed by atoms with E-state index in [0.29, 0.717) is 10.9 Å². The van der Waals surface area contributed by atoms with Crippen LogP contribution in [-0.2, 0) is 11.3 Å². The summed E-state index contributed by atoms with van der Waals surface area (Å²) < 4.78 is 0. The summed E-state index contributed by atoms with van der Waals surface area (Å²) in [5.74, 6) is 0.466. The Kier molecular flexibility index (Phi) is 4.40. The van der Waals surface area contributed by atoms with E-state index in [1.807, 2.05) is 36.4 Å². The third kappa shape index (κ3) is 3.37. The summed E-state index contributed by atoms with van der Waals surface area (Å²) in [6, 6.07) is 13.8. The van der Waals surface area contributed by atoms with Crippen LogP contribution in [0.15, 0.2) is 42.5 Å². The number of rotatable bonds is 3. The molecule has 2 aliphatic rings. The number of hydrogen-bond donors (Lipinski definition) is 2. The molecule has 0 aliphatic carbocycles. The molecule has 4 rings (SSSR count). The standard InChI is InChI=1S/C20H22ClN3O/c21-15-4-5-17-18(11-15)23-20(25)19(17)14-6-8-24(9-7-14)12-13-2-1-3-16(22)10-13/h1-5,10-11,14,19H,6-9,12,22H2,(H,23,25). The highest BCUT2D eigenvalue weighted by Gasteiger charge is 2.38. The SMILES string of the molecule is Nc1cccc(CN2CCC(C3C(=O)Nc4cc(Cl)ccc43)CC2)c1. The molecular weight excluding hydrogens is 334 g/mol. The highest BCUT2D eigenvalue weighted by atomic mass is 35.5. The summed E-state index contributed by atoms with van der Waals surface area (Å²) in [5.41, 5.74) is 9.90. The van der Waals surface area contributed by atoms with E-state index in [-0.39, 0.29) is 11.8 Å². The first-order valence-corrected chi connectivity index (χ1v) is 9.15. The number of hydrogen-bond acceptors (Lipinski definition) is 3. The Morgan fingerprint density at radius 1 is 1.16 bits per heavy atom. The van der Waals surface area contributed by atoms with Crippen molar-refractivity contribution < 1.29 is 4.79 Å². The zero-order valence-corrected chi connectivity index (χ0v) is 14.8. The number of piperidine rings is 1. The molecule has 25 heavy (non-hydrogen) atoms. The minimum atomic E-state index is -0.0400. The second-order valence-electron chi connectivity index (χ2n) is 7.06. The van der Waals surface area contributed by atoms with Crippen LogP contribution in [0, 0.1) is 5.92 Å². The van der Waals surface area contributed by atoms with E-state index in [1.165, 1.54) is 5.56 Å². The summed E-state index contributed by atoms with van der Waals surface area (Å²) in [5, 5.41) is 3.66. The number of nitrogens with zero attached hydrogens (tertiary/aromatic N) is 1. The fraction of sp³-hybridized carbons (Fsp3) is 0.350. The number of fused-ring (bicyclic) bond motifs is 1. The fourth-order valence-electron chi connectivity index (χ4n) is 4.12. The predicted molar refractivity (Wildman–Crippen MR) is 102 cm³/mol. The van der Waals surface area contributed by atoms with E-state index in [2.05, 4.69) is 16.3 Å². The number of carbonyl (C=O) groups is 1. The number of benzene rings is 2. The molecule has 1 fully saturated rings. The lowest BCUT2D eigenvalue weighted by atomic mass is 9.80. The molecule has 0 bridgehead atoms. The van der Waals surface area contributed by atoms with E-state index in [4.69, 9.17) is 17.3 Å². The Morgan fingerprint density at radius 3 is 2.72 bits per heavy atom. The van der Waals surface area contributed by atoms with E-state index in [9.17, 15) is 4.79 Å². The van der Waals surface area contributed by atoms with Crippen molar-refractivity contribution in [1.29, 1.82) is 0 Å². The topological polar surface area (TPSA) is 58.4 Å². The van der Waals surface area contributed by atoms with Crippen LogP contribution in [0.4, 0.5) is 11.4 Å². The Bertz CT molecular complexity index is 799. The van der Waals surface area contributed by atoms with Gasteiger partial charge in [-0.1, -0.05) is 29.8 Å². The molecule has 2 aliphatic heterocycles. The van der Waals surface area contributed by atoms with Crippen molar-refractivity contribution >= 4 is 28.9 Å². The average molecular weight is 356 g/mol. The quantitative estimate of drug-likeness (QED) is 0.822. The van der Waals surface area contributed by atoms with Gasteiger partial charge in [0.1, 0.15) is 0 Å². The van der Waals surface area contributed by atoms with Gasteiger partial charge in [0.05, 0.1) is 5.92 Å². The van der Waals surface area contributed by atoms with Gasteiger partial charge in [-0.05, 0) is 67.2 Å². The van der Waals surface area contributed by atoms with Crippen LogP contribution >= 0.6 is 11.6 Å². The molecule has 4 nitrogen and oxygen atoms in total. The van der Waals surface area contributed by atoms with Gasteiger partial charge in [0.25, 0.3) is 0 Å². The molecule has 3 N–H and O–H groups in total. The number of likely N-dealkylation sites (tertiary alicyclic amines) is 1. The summed E-state index contributed by atoms with van der Waals surface area (Å²) in [4.78, 5) is 14.9. The van der Waals surface area contributed by atoms with Gasteiger partial charge in [0.2, 0.25) is 5.91 Å². The van der Waals surface area contributed by atoms with Crippen LogP contribution in [0.5, 0.6) is 0 Å². The van der Waals surface area contributed by atoms with E-state index in [1.54, 1.807) is 0 Å². The van der Waals surface area contributed by atoms with Gasteiger partial charge in [0, 0.05) is 22.9 Å². The van der Waals surface area contributed by atoms with Crippen LogP contribution in [0.3, 0.4) is 0 Å². The van der Waals surface area contributed by atoms with Crippen molar-refractivity contribution in [2.75, 3.05) is 24.1 Å². The predicted octanol–water partition coefficient (Wildman–Crippen LogP) is 3.87. The van der Waals surface area contributed by atoms with Crippen LogP contribution in [0.2, 0.25) is 5.02 Å². The highest BCUT2D eigenvalue weighted by Crippen LogP contribution is 2.42. The van der Waals surface area contributed by atoms with E-state index >= 15 is 0 Å². The van der Waals surface area contributed by atoms with Crippen LogP contribution in [0.25, 0.3) is 0 Å². The Balaban J connectivity index is 1.42. The third-order valence-electron chi connectivity index (χ3n) is 5.35. The summed E-state index contributed by atoms with van der Waals surface area (Å²) in [6.45, 7) is 2.93. The van der Waals surface area contributed by atoms with Gasteiger partial charge in [-0.2, -0.15) is 0 Å². The molecule has 1 unspecified atom stereocenters. The van der Waals surface area contributed by atoms with Crippen LogP contribution < -0.4 is 11.1 Å². The molecule has 130 valence electrons. The highest BCUT2D eigenvalue weighted by molar-refractivity contribution is 6.31. The summed E-state index contributed by atoms with van der Waals surface area (Å²) >= 11 is 6.04. The minimum absolute atomic E-state index is 0.0400. The number of halogens is 1. The average Bonchev–Trinajstić information content (AvgIpc) is 2.90. The first-order chi connectivity index (χ1) is 12.1. The minimum Gasteiger partial charge on any atom is -0.399 e. The lowest BCUT2D eigenvalue weighted by Crippen LogP contribution is -2.36. The molecule has 0 spiro atoms. The maximum absolute atomic E-state index is 12.5. The molecule has 1 saturated heterocycles. The fourth-order valence-corrected chi connectivity index (χ4v) is 4.29. The van der Waals surface area contributed by atoms with Crippen molar-refractivity contribution in [3.05, 3.63) is 58.6 Å². The van der Waals surface area contributed by atoms with E-state index < -0.39 is 0 Å². The number of carbonyl (C=O) groups excluding carboxylic acids is 1. The molecule has 2 aromatic carbocycles. The molecule has 1 amide bonds. The van der Waals surface area contributed by atoms with E-state index in [0.717, 1.165) is 49.4 Å². The number of nitrogens with one attached hydrogen (secondary N) is 1. The second-order valence-corrected chi connectivity index (χ2v) is 7.49. The number of anilines is 2. The molecule has 0 radical (unpaired) electrons. The molecule has 5 heteroatoms.